The van der Waals surface area contributed by atoms with E-state index in [9.17, 15) is 9.90 Å². The summed E-state index contributed by atoms with van der Waals surface area (Å²) in [6.45, 7) is 21.0. The minimum absolute atomic E-state index is 0. The second-order valence-corrected chi connectivity index (χ2v) is 13.6. The maximum Gasteiger partial charge on any atom is 0.164 e. The molecule has 2 aromatic carbocycles. The first-order chi connectivity index (χ1) is 20.3. The van der Waals surface area contributed by atoms with Crippen LogP contribution < -0.4 is 0 Å². The number of aromatic nitrogens is 1. The van der Waals surface area contributed by atoms with Gasteiger partial charge in [-0.3, -0.25) is 4.79 Å². The predicted octanol–water partition coefficient (Wildman–Crippen LogP) is 11.6. The quantitative estimate of drug-likeness (QED) is 0.127. The molecule has 3 nitrogen and oxygen atoms in total. The van der Waals surface area contributed by atoms with Gasteiger partial charge in [0.15, 0.2) is 5.78 Å². The Balaban J connectivity index is 0.000000331. The summed E-state index contributed by atoms with van der Waals surface area (Å²) in [6.07, 6.45) is 12.3. The molecule has 0 aliphatic heterocycles. The Labute approximate surface area is 281 Å². The van der Waals surface area contributed by atoms with Gasteiger partial charge in [0.25, 0.3) is 0 Å². The predicted molar refractivity (Wildman–Crippen MR) is 184 cm³/mol. The summed E-state index contributed by atoms with van der Waals surface area (Å²) in [4.78, 5) is 16.9. The largest absolute Gasteiger partial charge is 0.512 e. The number of carbonyl (C=O) groups excluding carboxylic acids is 1. The standard InChI is InChI=1S/C25H28N.C15H28O2.Ir/c1-16-13-17(2)15-21(14-16)25-24-10-9-22(18(3)20-7-5-6-8-20)19(4)23(24)11-12-26-25;1-7-14(5,8-2)12(16)11-13(17)15(6,9-3)10-4;/h9-14,18,20H,5-8H2,1-4H3;11,16H,7-10H2,1-6H3;/q-1;;/b;12-11-;. The number of rotatable bonds is 10. The van der Waals surface area contributed by atoms with Gasteiger partial charge in [-0.2, -0.15) is 0 Å². The number of allylic oxidation sites excluding steroid dienone is 2. The number of fused-ring (bicyclic) bond motifs is 1. The van der Waals surface area contributed by atoms with Gasteiger partial charge < -0.3 is 10.1 Å². The molecule has 0 bridgehead atoms. The number of hydrogen-bond donors (Lipinski definition) is 1. The summed E-state index contributed by atoms with van der Waals surface area (Å²) in [5, 5.41) is 12.7. The normalized spacial score (nSPS) is 15.0. The van der Waals surface area contributed by atoms with E-state index in [1.807, 2.05) is 47.7 Å². The number of benzene rings is 2. The number of aliphatic hydroxyl groups is 1. The molecule has 0 saturated heterocycles. The summed E-state index contributed by atoms with van der Waals surface area (Å²) in [5.41, 5.74) is 6.93. The Morgan fingerprint density at radius 2 is 1.55 bits per heavy atom. The van der Waals surface area contributed by atoms with Crippen molar-refractivity contribution in [3.63, 3.8) is 0 Å². The van der Waals surface area contributed by atoms with Gasteiger partial charge in [-0.15, -0.1) is 34.9 Å². The van der Waals surface area contributed by atoms with Gasteiger partial charge in [0, 0.05) is 43.2 Å². The van der Waals surface area contributed by atoms with Crippen molar-refractivity contribution in [1.29, 1.82) is 0 Å². The summed E-state index contributed by atoms with van der Waals surface area (Å²) >= 11 is 0. The molecule has 0 spiro atoms. The van der Waals surface area contributed by atoms with Crippen molar-refractivity contribution in [1.82, 2.24) is 4.98 Å². The van der Waals surface area contributed by atoms with E-state index in [1.165, 1.54) is 64.8 Å². The zero-order chi connectivity index (χ0) is 31.9. The maximum atomic E-state index is 12.2. The Bertz CT molecular complexity index is 1400. The van der Waals surface area contributed by atoms with Crippen molar-refractivity contribution in [3.05, 3.63) is 76.7 Å². The number of pyridine rings is 1. The molecule has 4 heteroatoms. The number of ketones is 1. The first-order valence-corrected chi connectivity index (χ1v) is 16.7. The first kappa shape index (κ1) is 37.9. The molecule has 1 aliphatic rings. The van der Waals surface area contributed by atoms with E-state index in [0.29, 0.717) is 5.92 Å². The third kappa shape index (κ3) is 8.49. The van der Waals surface area contributed by atoms with Crippen LogP contribution in [-0.4, -0.2) is 15.9 Å². The third-order valence-electron chi connectivity index (χ3n) is 10.9. The van der Waals surface area contributed by atoms with Crippen molar-refractivity contribution in [2.75, 3.05) is 0 Å². The van der Waals surface area contributed by atoms with Crippen LogP contribution in [0.5, 0.6) is 0 Å². The van der Waals surface area contributed by atoms with Crippen LogP contribution in [0.1, 0.15) is 128 Å². The number of aliphatic hydroxyl groups excluding tert-OH is 1. The molecular formula is C40H56IrNO2-. The minimum atomic E-state index is -0.337. The second kappa shape index (κ2) is 16.3. The summed E-state index contributed by atoms with van der Waals surface area (Å²) in [6, 6.07) is 14.7. The van der Waals surface area contributed by atoms with Crippen LogP contribution in [-0.2, 0) is 24.9 Å². The Morgan fingerprint density at radius 1 is 0.955 bits per heavy atom. The van der Waals surface area contributed by atoms with Gasteiger partial charge in [-0.25, -0.2) is 0 Å². The first-order valence-electron chi connectivity index (χ1n) is 16.7. The fourth-order valence-electron chi connectivity index (χ4n) is 6.55. The van der Waals surface area contributed by atoms with Crippen molar-refractivity contribution >= 4 is 16.6 Å². The molecule has 243 valence electrons. The molecule has 1 fully saturated rings. The Hall–Kier alpha value is -2.29. The number of hydrogen-bond acceptors (Lipinski definition) is 3. The average Bonchev–Trinajstić information content (AvgIpc) is 3.55. The fraction of sp³-hybridized carbons (Fsp3) is 0.550. The van der Waals surface area contributed by atoms with Crippen molar-refractivity contribution < 1.29 is 30.0 Å². The molecule has 1 radical (unpaired) electrons. The van der Waals surface area contributed by atoms with E-state index >= 15 is 0 Å². The topological polar surface area (TPSA) is 50.2 Å². The summed E-state index contributed by atoms with van der Waals surface area (Å²) in [7, 11) is 0. The van der Waals surface area contributed by atoms with Crippen molar-refractivity contribution in [3.8, 4) is 11.3 Å². The van der Waals surface area contributed by atoms with Crippen LogP contribution in [0.4, 0.5) is 0 Å². The third-order valence-corrected chi connectivity index (χ3v) is 10.9. The Morgan fingerprint density at radius 3 is 2.09 bits per heavy atom. The molecule has 1 aliphatic carbocycles. The van der Waals surface area contributed by atoms with Gasteiger partial charge >= 0.3 is 0 Å². The SMILES string of the molecule is CCC(C)(CC)C(=O)/C=C(\O)C(C)(CC)CC.Cc1[c-]c(-c2nccc3c(C)c(C(C)C4CCCC4)ccc23)cc(C)c1.[Ir]. The molecule has 1 saturated carbocycles. The monoisotopic (exact) mass is 775 g/mol. The van der Waals surface area contributed by atoms with E-state index in [-0.39, 0.29) is 42.5 Å². The van der Waals surface area contributed by atoms with Crippen molar-refractivity contribution in [2.24, 2.45) is 16.7 Å². The number of aryl methyl sites for hydroxylation is 3. The van der Waals surface area contributed by atoms with Crippen LogP contribution in [0.2, 0.25) is 0 Å². The summed E-state index contributed by atoms with van der Waals surface area (Å²) < 4.78 is 0. The Kier molecular flexibility index (Phi) is 14.1. The van der Waals surface area contributed by atoms with Crippen LogP contribution in [0.25, 0.3) is 22.0 Å². The van der Waals surface area contributed by atoms with Crippen molar-refractivity contribution in [2.45, 2.75) is 127 Å². The van der Waals surface area contributed by atoms with Gasteiger partial charge in [0.2, 0.25) is 0 Å². The van der Waals surface area contributed by atoms with E-state index in [1.54, 1.807) is 0 Å². The van der Waals surface area contributed by atoms with E-state index < -0.39 is 0 Å². The molecule has 1 heterocycles. The number of nitrogens with zero attached hydrogens (tertiary/aromatic N) is 1. The maximum absolute atomic E-state index is 12.2. The zero-order valence-corrected chi connectivity index (χ0v) is 31.4. The molecule has 1 aromatic heterocycles. The molecule has 3 aromatic rings. The van der Waals surface area contributed by atoms with Crippen LogP contribution in [0.15, 0.2) is 48.4 Å². The molecule has 1 atom stereocenters. The fourth-order valence-corrected chi connectivity index (χ4v) is 6.55. The van der Waals surface area contributed by atoms with E-state index in [4.69, 9.17) is 4.98 Å². The molecular weight excluding hydrogens is 719 g/mol. The smallest absolute Gasteiger partial charge is 0.164 e. The van der Waals surface area contributed by atoms with Gasteiger partial charge in [-0.05, 0) is 90.9 Å². The average molecular weight is 775 g/mol. The van der Waals surface area contributed by atoms with Gasteiger partial charge in [0.05, 0.1) is 0 Å². The zero-order valence-electron chi connectivity index (χ0n) is 29.0. The molecule has 1 N–H and O–H groups in total. The minimum Gasteiger partial charge on any atom is -0.512 e. The molecule has 44 heavy (non-hydrogen) atoms. The van der Waals surface area contributed by atoms with E-state index in [0.717, 1.165) is 42.9 Å². The second-order valence-electron chi connectivity index (χ2n) is 13.6. The molecule has 4 rings (SSSR count). The van der Waals surface area contributed by atoms with Crippen LogP contribution in [0.3, 0.4) is 0 Å². The van der Waals surface area contributed by atoms with E-state index in [2.05, 4.69) is 64.1 Å². The summed E-state index contributed by atoms with van der Waals surface area (Å²) in [5.74, 6) is 1.78. The van der Waals surface area contributed by atoms with Crippen LogP contribution in [0, 0.1) is 43.6 Å². The van der Waals surface area contributed by atoms with Crippen LogP contribution >= 0.6 is 0 Å². The number of carbonyl (C=O) groups is 1. The van der Waals surface area contributed by atoms with Gasteiger partial charge in [-0.1, -0.05) is 87.3 Å². The van der Waals surface area contributed by atoms with Gasteiger partial charge in [0.1, 0.15) is 5.76 Å². The molecule has 1 unspecified atom stereocenters. The molecule has 0 amide bonds.